The molecule has 5 aromatic rings. The van der Waals surface area contributed by atoms with Gasteiger partial charge in [0.1, 0.15) is 5.52 Å². The summed E-state index contributed by atoms with van der Waals surface area (Å²) >= 11 is 0. The first-order chi connectivity index (χ1) is 14.2. The van der Waals surface area contributed by atoms with Crippen LogP contribution < -0.4 is 5.32 Å². The number of hydrogen-bond acceptors (Lipinski definition) is 3. The molecule has 0 fully saturated rings. The van der Waals surface area contributed by atoms with Crippen molar-refractivity contribution in [3.63, 3.8) is 0 Å². The minimum atomic E-state index is -0.166. The molecule has 0 bridgehead atoms. The van der Waals surface area contributed by atoms with Crippen LogP contribution in [0.2, 0.25) is 0 Å². The molecule has 140 valence electrons. The Morgan fingerprint density at radius 3 is 2.62 bits per heavy atom. The number of aryl methyl sites for hydroxylation is 1. The first-order valence-corrected chi connectivity index (χ1v) is 9.45. The molecule has 0 atom stereocenters. The predicted octanol–water partition coefficient (Wildman–Crippen LogP) is 6.21. The molecule has 0 radical (unpaired) electrons. The van der Waals surface area contributed by atoms with Gasteiger partial charge in [-0.15, -0.1) is 0 Å². The third-order valence-electron chi connectivity index (χ3n) is 4.98. The Bertz CT molecular complexity index is 1360. The predicted molar refractivity (Wildman–Crippen MR) is 116 cm³/mol. The van der Waals surface area contributed by atoms with E-state index in [2.05, 4.69) is 10.3 Å². The van der Waals surface area contributed by atoms with Gasteiger partial charge in [-0.1, -0.05) is 54.6 Å². The van der Waals surface area contributed by atoms with Crippen molar-refractivity contribution in [3.8, 4) is 11.5 Å². The molecule has 0 aliphatic heterocycles. The summed E-state index contributed by atoms with van der Waals surface area (Å²) in [5.41, 5.74) is 4.68. The Morgan fingerprint density at radius 1 is 0.897 bits per heavy atom. The number of carbonyl (C=O) groups is 1. The average molecular weight is 378 g/mol. The number of para-hydroxylation sites is 1. The minimum absolute atomic E-state index is 0.166. The fourth-order valence-electron chi connectivity index (χ4n) is 3.54. The van der Waals surface area contributed by atoms with E-state index in [4.69, 9.17) is 4.42 Å². The number of hydrogen-bond donors (Lipinski definition) is 1. The third-order valence-corrected chi connectivity index (χ3v) is 4.98. The minimum Gasteiger partial charge on any atom is -0.436 e. The lowest BCUT2D eigenvalue weighted by Crippen LogP contribution is -2.13. The quantitative estimate of drug-likeness (QED) is 0.406. The summed E-state index contributed by atoms with van der Waals surface area (Å²) in [4.78, 5) is 17.7. The smallest absolute Gasteiger partial charge is 0.256 e. The fourth-order valence-corrected chi connectivity index (χ4v) is 3.54. The van der Waals surface area contributed by atoms with Crippen LogP contribution in [0.15, 0.2) is 89.3 Å². The summed E-state index contributed by atoms with van der Waals surface area (Å²) < 4.78 is 5.94. The van der Waals surface area contributed by atoms with E-state index in [0.29, 0.717) is 17.1 Å². The normalized spacial score (nSPS) is 11.1. The molecule has 5 rings (SSSR count). The van der Waals surface area contributed by atoms with Crippen molar-refractivity contribution in [1.82, 2.24) is 4.98 Å². The highest BCUT2D eigenvalue weighted by Crippen LogP contribution is 2.31. The molecular formula is C25H18N2O2. The van der Waals surface area contributed by atoms with Crippen LogP contribution in [0.3, 0.4) is 0 Å². The van der Waals surface area contributed by atoms with Gasteiger partial charge in [-0.25, -0.2) is 4.98 Å². The Hall–Kier alpha value is -3.92. The topological polar surface area (TPSA) is 55.1 Å². The SMILES string of the molecule is Cc1ccc2oc(-c3ccccc3NC(=O)c3cccc4ccccc34)nc2c1. The van der Waals surface area contributed by atoms with Crippen molar-refractivity contribution in [2.24, 2.45) is 0 Å². The maximum absolute atomic E-state index is 13.1. The van der Waals surface area contributed by atoms with Gasteiger partial charge >= 0.3 is 0 Å². The van der Waals surface area contributed by atoms with Crippen LogP contribution in [-0.4, -0.2) is 10.9 Å². The van der Waals surface area contributed by atoms with E-state index in [0.717, 1.165) is 33.0 Å². The van der Waals surface area contributed by atoms with Crippen LogP contribution in [-0.2, 0) is 0 Å². The Labute approximate surface area is 167 Å². The molecule has 1 heterocycles. The molecule has 29 heavy (non-hydrogen) atoms. The van der Waals surface area contributed by atoms with Crippen LogP contribution in [0, 0.1) is 6.92 Å². The molecular weight excluding hydrogens is 360 g/mol. The van der Waals surface area contributed by atoms with Crippen LogP contribution >= 0.6 is 0 Å². The van der Waals surface area contributed by atoms with Gasteiger partial charge in [-0.2, -0.15) is 0 Å². The number of nitrogens with zero attached hydrogens (tertiary/aromatic N) is 1. The van der Waals surface area contributed by atoms with Crippen LogP contribution in [0.25, 0.3) is 33.3 Å². The highest BCUT2D eigenvalue weighted by Gasteiger charge is 2.16. The second-order valence-corrected chi connectivity index (χ2v) is 7.02. The molecule has 0 unspecified atom stereocenters. The van der Waals surface area contributed by atoms with Gasteiger partial charge < -0.3 is 9.73 Å². The Kier molecular flexibility index (Phi) is 4.10. The van der Waals surface area contributed by atoms with Gasteiger partial charge in [0.15, 0.2) is 5.58 Å². The number of anilines is 1. The number of fused-ring (bicyclic) bond motifs is 2. The van der Waals surface area contributed by atoms with Crippen molar-refractivity contribution in [1.29, 1.82) is 0 Å². The molecule has 4 aromatic carbocycles. The van der Waals surface area contributed by atoms with Crippen molar-refractivity contribution in [2.45, 2.75) is 6.92 Å². The second kappa shape index (κ2) is 6.91. The van der Waals surface area contributed by atoms with E-state index in [1.807, 2.05) is 91.9 Å². The molecule has 0 aliphatic carbocycles. The van der Waals surface area contributed by atoms with E-state index in [1.54, 1.807) is 0 Å². The van der Waals surface area contributed by atoms with Gasteiger partial charge in [0.05, 0.1) is 11.3 Å². The maximum Gasteiger partial charge on any atom is 0.256 e. The highest BCUT2D eigenvalue weighted by molar-refractivity contribution is 6.13. The Morgan fingerprint density at radius 2 is 1.69 bits per heavy atom. The van der Waals surface area contributed by atoms with Crippen molar-refractivity contribution < 1.29 is 9.21 Å². The monoisotopic (exact) mass is 378 g/mol. The summed E-state index contributed by atoms with van der Waals surface area (Å²) in [6.45, 7) is 2.02. The third kappa shape index (κ3) is 3.15. The van der Waals surface area contributed by atoms with Crippen LogP contribution in [0.5, 0.6) is 0 Å². The molecule has 1 N–H and O–H groups in total. The van der Waals surface area contributed by atoms with Crippen molar-refractivity contribution >= 4 is 33.5 Å². The molecule has 4 nitrogen and oxygen atoms in total. The molecule has 1 aromatic heterocycles. The summed E-state index contributed by atoms with van der Waals surface area (Å²) in [6, 6.07) is 27.0. The van der Waals surface area contributed by atoms with Gasteiger partial charge in [0, 0.05) is 5.56 Å². The zero-order chi connectivity index (χ0) is 19.8. The second-order valence-electron chi connectivity index (χ2n) is 7.02. The average Bonchev–Trinajstić information content (AvgIpc) is 3.16. The number of amides is 1. The van der Waals surface area contributed by atoms with Gasteiger partial charge in [-0.05, 0) is 53.6 Å². The lowest BCUT2D eigenvalue weighted by molar-refractivity contribution is 0.102. The largest absolute Gasteiger partial charge is 0.436 e. The van der Waals surface area contributed by atoms with E-state index in [-0.39, 0.29) is 5.91 Å². The lowest BCUT2D eigenvalue weighted by atomic mass is 10.0. The number of nitrogens with one attached hydrogen (secondary N) is 1. The molecule has 0 aliphatic rings. The Balaban J connectivity index is 1.54. The zero-order valence-electron chi connectivity index (χ0n) is 15.8. The zero-order valence-corrected chi connectivity index (χ0v) is 15.8. The standard InChI is InChI=1S/C25H18N2O2/c1-16-13-14-23-22(15-16)27-25(29-23)20-10-4-5-12-21(20)26-24(28)19-11-6-8-17-7-2-3-9-18(17)19/h2-15H,1H3,(H,26,28). The van der Waals surface area contributed by atoms with E-state index >= 15 is 0 Å². The van der Waals surface area contributed by atoms with Crippen LogP contribution in [0.4, 0.5) is 5.69 Å². The van der Waals surface area contributed by atoms with Crippen molar-refractivity contribution in [2.75, 3.05) is 5.32 Å². The maximum atomic E-state index is 13.1. The van der Waals surface area contributed by atoms with E-state index in [9.17, 15) is 4.79 Å². The molecule has 0 saturated carbocycles. The number of rotatable bonds is 3. The summed E-state index contributed by atoms with van der Waals surface area (Å²) in [7, 11) is 0. The van der Waals surface area contributed by atoms with Crippen LogP contribution in [0.1, 0.15) is 15.9 Å². The van der Waals surface area contributed by atoms with E-state index in [1.165, 1.54) is 0 Å². The lowest BCUT2D eigenvalue weighted by Gasteiger charge is -2.10. The molecule has 1 amide bonds. The van der Waals surface area contributed by atoms with E-state index < -0.39 is 0 Å². The molecule has 0 spiro atoms. The summed E-state index contributed by atoms with van der Waals surface area (Å²) in [5, 5.41) is 4.98. The first kappa shape index (κ1) is 17.2. The fraction of sp³-hybridized carbons (Fsp3) is 0.0400. The van der Waals surface area contributed by atoms with Gasteiger partial charge in [-0.3, -0.25) is 4.79 Å². The van der Waals surface area contributed by atoms with Gasteiger partial charge in [0.2, 0.25) is 5.89 Å². The first-order valence-electron chi connectivity index (χ1n) is 9.45. The van der Waals surface area contributed by atoms with Crippen molar-refractivity contribution in [3.05, 3.63) is 96.1 Å². The number of aromatic nitrogens is 1. The molecule has 4 heteroatoms. The molecule has 0 saturated heterocycles. The number of benzene rings is 4. The summed E-state index contributed by atoms with van der Waals surface area (Å²) in [6.07, 6.45) is 0. The number of oxazole rings is 1. The number of carbonyl (C=O) groups excluding carboxylic acids is 1. The highest BCUT2D eigenvalue weighted by atomic mass is 16.3. The van der Waals surface area contributed by atoms with Gasteiger partial charge in [0.25, 0.3) is 5.91 Å². The summed E-state index contributed by atoms with van der Waals surface area (Å²) in [5.74, 6) is 0.320.